The lowest BCUT2D eigenvalue weighted by Gasteiger charge is -2.41. The molecule has 1 heterocycles. The Balaban J connectivity index is 4.33. The lowest BCUT2D eigenvalue weighted by molar-refractivity contribution is -0.157. The van der Waals surface area contributed by atoms with Gasteiger partial charge in [0, 0.05) is 60.8 Å². The van der Waals surface area contributed by atoms with E-state index in [4.69, 9.17) is 4.74 Å². The number of likely N-dealkylation sites (N-methyl/N-ethyl adjacent to an activating group) is 7. The molecule has 1 aliphatic rings. The number of amides is 11. The summed E-state index contributed by atoms with van der Waals surface area (Å²) >= 11 is 1.50. The Morgan fingerprint density at radius 1 is 0.505 bits per heavy atom. The number of nitrogens with one attached hydrogen (secondary N) is 4. The summed E-state index contributed by atoms with van der Waals surface area (Å²) in [7, 11) is 9.85. The van der Waals surface area contributed by atoms with Gasteiger partial charge in [0.2, 0.25) is 65.0 Å². The molecule has 0 spiro atoms. The van der Waals surface area contributed by atoms with Crippen LogP contribution in [0, 0.1) is 41.4 Å². The second-order valence-electron chi connectivity index (χ2n) is 27.0. The Bertz CT molecular complexity index is 2480. The third kappa shape index (κ3) is 24.9. The van der Waals surface area contributed by atoms with E-state index >= 15 is 14.4 Å². The number of hydrogen-bond donors (Lipinski definition) is 5. The molecule has 520 valence electrons. The summed E-state index contributed by atoms with van der Waals surface area (Å²) in [5.41, 5.74) is 0. The van der Waals surface area contributed by atoms with Crippen LogP contribution < -0.4 is 21.3 Å². The van der Waals surface area contributed by atoms with Crippen molar-refractivity contribution in [2.75, 3.05) is 74.0 Å². The summed E-state index contributed by atoms with van der Waals surface area (Å²) in [6.45, 7) is 28.0. The maximum absolute atomic E-state index is 15.3. The molecule has 2 unspecified atom stereocenters. The zero-order valence-corrected chi connectivity index (χ0v) is 59.8. The minimum atomic E-state index is -1.67. The van der Waals surface area contributed by atoms with Crippen molar-refractivity contribution in [3.8, 4) is 0 Å². The highest BCUT2D eigenvalue weighted by Crippen LogP contribution is 2.26. The van der Waals surface area contributed by atoms with Crippen LogP contribution in [-0.2, 0) is 62.3 Å². The number of aliphatic hydroxyl groups is 1. The minimum absolute atomic E-state index is 0.00518. The van der Waals surface area contributed by atoms with Gasteiger partial charge in [-0.1, -0.05) is 109 Å². The Hall–Kier alpha value is -6.31. The molecule has 26 heteroatoms. The highest BCUT2D eigenvalue weighted by Gasteiger charge is 2.46. The average molecular weight is 1310 g/mol. The zero-order valence-electron chi connectivity index (χ0n) is 59.0. The summed E-state index contributed by atoms with van der Waals surface area (Å²) in [6.07, 6.45) is 2.90. The normalized spacial score (nSPS) is 25.8. The summed E-state index contributed by atoms with van der Waals surface area (Å²) in [6, 6.07) is -12.6. The molecule has 11 amide bonds. The molecule has 12 atom stereocenters. The molecule has 0 aromatic carbocycles. The zero-order chi connectivity index (χ0) is 70.2. The monoisotopic (exact) mass is 1310 g/mol. The van der Waals surface area contributed by atoms with Gasteiger partial charge in [-0.2, -0.15) is 11.8 Å². The van der Waals surface area contributed by atoms with E-state index in [2.05, 4.69) is 21.3 Å². The van der Waals surface area contributed by atoms with Crippen molar-refractivity contribution in [3.05, 3.63) is 12.2 Å². The molecule has 0 aliphatic carbocycles. The largest absolute Gasteiger partial charge is 0.467 e. The Morgan fingerprint density at radius 3 is 1.44 bits per heavy atom. The minimum Gasteiger partial charge on any atom is -0.467 e. The molecule has 0 aromatic heterocycles. The van der Waals surface area contributed by atoms with Crippen LogP contribution in [0.5, 0.6) is 0 Å². The van der Waals surface area contributed by atoms with Crippen molar-refractivity contribution in [1.82, 2.24) is 55.6 Å². The number of nitrogens with zero attached hydrogens (tertiary/aromatic N) is 7. The van der Waals surface area contributed by atoms with E-state index in [9.17, 15) is 48.3 Å². The molecule has 1 rings (SSSR count). The fraction of sp³-hybridized carbons (Fsp3) is 0.785. The third-order valence-electron chi connectivity index (χ3n) is 16.6. The van der Waals surface area contributed by atoms with E-state index in [1.54, 1.807) is 41.5 Å². The summed E-state index contributed by atoms with van der Waals surface area (Å²) in [5, 5.41) is 23.3. The first-order chi connectivity index (χ1) is 42.2. The Morgan fingerprint density at radius 2 is 0.956 bits per heavy atom. The maximum Gasteiger partial charge on any atom is 0.293 e. The van der Waals surface area contributed by atoms with Gasteiger partial charge in [0.25, 0.3) is 6.47 Å². The van der Waals surface area contributed by atoms with Crippen molar-refractivity contribution < 1.29 is 67.4 Å². The average Bonchev–Trinajstić information content (AvgIpc) is 0.838. The van der Waals surface area contributed by atoms with Crippen molar-refractivity contribution in [2.45, 2.75) is 216 Å². The molecule has 0 radical (unpaired) electrons. The molecular weight excluding hydrogens is 1190 g/mol. The number of ether oxygens (including phenoxy) is 1. The number of aliphatic hydroxyl groups excluding tert-OH is 1. The van der Waals surface area contributed by atoms with Gasteiger partial charge in [-0.15, -0.1) is 0 Å². The van der Waals surface area contributed by atoms with E-state index in [0.717, 1.165) is 9.80 Å². The van der Waals surface area contributed by atoms with E-state index in [1.165, 1.54) is 99.4 Å². The molecule has 1 saturated heterocycles. The number of carbonyl (C=O) groups is 12. The van der Waals surface area contributed by atoms with Crippen molar-refractivity contribution >= 4 is 83.2 Å². The Labute approximate surface area is 547 Å². The number of rotatable bonds is 21. The third-order valence-corrected chi connectivity index (χ3v) is 17.5. The van der Waals surface area contributed by atoms with Crippen molar-refractivity contribution in [2.24, 2.45) is 41.4 Å². The first kappa shape index (κ1) is 82.7. The van der Waals surface area contributed by atoms with Gasteiger partial charge >= 0.3 is 0 Å². The summed E-state index contributed by atoms with van der Waals surface area (Å²) < 4.78 is 4.76. The predicted molar refractivity (Wildman–Crippen MR) is 352 cm³/mol. The topological polar surface area (TPSA) is 305 Å². The van der Waals surface area contributed by atoms with Crippen LogP contribution in [0.1, 0.15) is 149 Å². The van der Waals surface area contributed by atoms with Crippen molar-refractivity contribution in [1.29, 1.82) is 0 Å². The van der Waals surface area contributed by atoms with Gasteiger partial charge in [0.1, 0.15) is 67.0 Å². The Kier molecular flexibility index (Phi) is 35.7. The van der Waals surface area contributed by atoms with Crippen LogP contribution in [0.25, 0.3) is 0 Å². The smallest absolute Gasteiger partial charge is 0.293 e. The SMILES string of the molecule is CC[C@@H]1NC(=O)C([C@H](O)[C@H](C)CC=CCSCCOC=O)N(C)C(=O)C(C(C)C)N(C)C(=O)[C@H](CC(C)C)N(C)C(=O)[C@H](CC(C)C)N(C)C(=O)[C@H](C)NC(=O)[C@H](C)NC(=O)[C@H](CC(C)C)N(C)C(=O)[C@H](C(C)C)NC(=O)[C@H](CC(C)C)N(C)C(=O)CN(C)C1=O. The van der Waals surface area contributed by atoms with Gasteiger partial charge in [0.15, 0.2) is 0 Å². The highest BCUT2D eigenvalue weighted by molar-refractivity contribution is 7.99. The van der Waals surface area contributed by atoms with Crippen LogP contribution in [0.4, 0.5) is 0 Å². The van der Waals surface area contributed by atoms with E-state index < -0.39 is 156 Å². The predicted octanol–water partition coefficient (Wildman–Crippen LogP) is 3.16. The van der Waals surface area contributed by atoms with Crippen LogP contribution in [0.2, 0.25) is 0 Å². The van der Waals surface area contributed by atoms with Gasteiger partial charge in [-0.05, 0) is 93.8 Å². The van der Waals surface area contributed by atoms with E-state index in [-0.39, 0.29) is 68.8 Å². The summed E-state index contributed by atoms with van der Waals surface area (Å²) in [5.74, 6) is -9.00. The van der Waals surface area contributed by atoms with Crippen LogP contribution in [0.3, 0.4) is 0 Å². The summed E-state index contributed by atoms with van der Waals surface area (Å²) in [4.78, 5) is 180. The van der Waals surface area contributed by atoms with Crippen LogP contribution in [-0.4, -0.2) is 251 Å². The molecule has 1 aliphatic heterocycles. The molecule has 0 saturated carbocycles. The first-order valence-electron chi connectivity index (χ1n) is 32.2. The van der Waals surface area contributed by atoms with E-state index in [1.807, 2.05) is 67.5 Å². The molecule has 0 aromatic rings. The lowest BCUT2D eigenvalue weighted by atomic mass is 9.91. The van der Waals surface area contributed by atoms with Gasteiger partial charge in [-0.25, -0.2) is 0 Å². The quantitative estimate of drug-likeness (QED) is 0.0627. The molecule has 5 N–H and O–H groups in total. The molecular formula is C65H115N11O14S. The second-order valence-corrected chi connectivity index (χ2v) is 28.2. The fourth-order valence-corrected chi connectivity index (χ4v) is 11.7. The standard InChI is InChI=1S/C65H115N11O14S/c1-24-46-61(85)70(17)35-51(78)71(18)47(31-37(2)3)58(82)69-52(41(10)11)64(88)72(19)48(32-38(4)5)57(81)66-44(15)56(80)67-45(16)60(84)73(20)49(33-39(6)7)62(86)74(21)50(34-40(8)9)63(87)75(22)53(42(12)13)65(89)76(23)54(59(83)68-46)55(79)43(14)27-25-26-29-91-30-28-90-36-77/h25-26,36-50,52-55,79H,24,27-35H2,1-23H3,(H,66,81)(H,67,80)(H,68,83)(H,69,82)/t43-,44+,45+,46+,47+,48+,49+,50+,52+,53?,54?,55-/m1/s1. The van der Waals surface area contributed by atoms with Crippen LogP contribution in [0.15, 0.2) is 12.2 Å². The number of allylic oxidation sites excluding steroid dienone is 1. The molecule has 1 fully saturated rings. The highest BCUT2D eigenvalue weighted by atomic mass is 32.2. The number of thioether (sulfide) groups is 1. The van der Waals surface area contributed by atoms with Gasteiger partial charge in [-0.3, -0.25) is 57.5 Å². The fourth-order valence-electron chi connectivity index (χ4n) is 11.0. The van der Waals surface area contributed by atoms with Crippen LogP contribution >= 0.6 is 11.8 Å². The molecule has 0 bridgehead atoms. The maximum atomic E-state index is 15.3. The number of carbonyl (C=O) groups excluding carboxylic acids is 12. The molecule has 25 nitrogen and oxygen atoms in total. The molecule has 91 heavy (non-hydrogen) atoms. The van der Waals surface area contributed by atoms with E-state index in [0.29, 0.717) is 18.0 Å². The van der Waals surface area contributed by atoms with Gasteiger partial charge in [0.05, 0.1) is 12.6 Å². The second kappa shape index (κ2) is 39.3. The number of hydrogen-bond acceptors (Lipinski definition) is 15. The van der Waals surface area contributed by atoms with Crippen molar-refractivity contribution in [3.63, 3.8) is 0 Å². The van der Waals surface area contributed by atoms with Gasteiger partial charge < -0.3 is 65.4 Å². The first-order valence-corrected chi connectivity index (χ1v) is 33.4. The lowest BCUT2D eigenvalue weighted by Crippen LogP contribution is -2.63.